The molecule has 1 aliphatic heterocycles. The number of carbonyl (C=O) groups is 1. The Morgan fingerprint density at radius 2 is 1.73 bits per heavy atom. The lowest BCUT2D eigenvalue weighted by Gasteiger charge is -2.17. The highest BCUT2D eigenvalue weighted by molar-refractivity contribution is 9.10. The van der Waals surface area contributed by atoms with Crippen LogP contribution in [-0.2, 0) is 10.0 Å². The molecule has 7 heteroatoms. The quantitative estimate of drug-likeness (QED) is 0.534. The first-order valence-corrected chi connectivity index (χ1v) is 10.6. The maximum absolute atomic E-state index is 12.8. The summed E-state index contributed by atoms with van der Waals surface area (Å²) < 4.78 is 32.9. The summed E-state index contributed by atoms with van der Waals surface area (Å²) in [5.41, 5.74) is 2.32. The van der Waals surface area contributed by atoms with E-state index in [9.17, 15) is 13.2 Å². The fraction of sp³-hybridized carbons (Fsp3) is 0.316. The summed E-state index contributed by atoms with van der Waals surface area (Å²) in [4.78, 5) is 12.6. The number of hydrogen-bond acceptors (Lipinski definition) is 4. The molecule has 2 aromatic carbocycles. The van der Waals surface area contributed by atoms with Gasteiger partial charge in [0.1, 0.15) is 5.75 Å². The van der Waals surface area contributed by atoms with Gasteiger partial charge in [-0.25, -0.2) is 13.2 Å². The molecule has 2 aromatic rings. The van der Waals surface area contributed by atoms with Crippen LogP contribution in [0.4, 0.5) is 0 Å². The Bertz CT molecular complexity index is 950. The van der Waals surface area contributed by atoms with Gasteiger partial charge in [-0.1, -0.05) is 6.07 Å². The third-order valence-corrected chi connectivity index (χ3v) is 7.43. The van der Waals surface area contributed by atoms with Gasteiger partial charge in [-0.05, 0) is 84.1 Å². The molecule has 0 unspecified atom stereocenters. The lowest BCUT2D eigenvalue weighted by molar-refractivity contribution is 0.0734. The predicted molar refractivity (Wildman–Crippen MR) is 103 cm³/mol. The minimum absolute atomic E-state index is 0.0916. The van der Waals surface area contributed by atoms with Crippen molar-refractivity contribution in [2.75, 3.05) is 13.1 Å². The molecule has 0 N–H and O–H groups in total. The van der Waals surface area contributed by atoms with Gasteiger partial charge in [-0.15, -0.1) is 0 Å². The van der Waals surface area contributed by atoms with E-state index in [4.69, 9.17) is 4.74 Å². The first-order valence-electron chi connectivity index (χ1n) is 8.38. The molecule has 0 spiro atoms. The Hall–Kier alpha value is -1.70. The zero-order chi connectivity index (χ0) is 18.9. The van der Waals surface area contributed by atoms with Gasteiger partial charge >= 0.3 is 5.97 Å². The molecule has 138 valence electrons. The van der Waals surface area contributed by atoms with E-state index < -0.39 is 16.0 Å². The lowest BCUT2D eigenvalue weighted by Crippen LogP contribution is -2.28. The van der Waals surface area contributed by atoms with Crippen molar-refractivity contribution < 1.29 is 17.9 Å². The van der Waals surface area contributed by atoms with Crippen molar-refractivity contribution in [1.82, 2.24) is 4.31 Å². The highest BCUT2D eigenvalue weighted by Crippen LogP contribution is 2.29. The van der Waals surface area contributed by atoms with Crippen LogP contribution in [0.15, 0.2) is 45.8 Å². The van der Waals surface area contributed by atoms with Gasteiger partial charge in [0.15, 0.2) is 0 Å². The number of carbonyl (C=O) groups excluding carboxylic acids is 1. The van der Waals surface area contributed by atoms with Crippen LogP contribution in [-0.4, -0.2) is 31.8 Å². The van der Waals surface area contributed by atoms with Crippen LogP contribution < -0.4 is 4.74 Å². The Kier molecular flexibility index (Phi) is 5.50. The monoisotopic (exact) mass is 437 g/mol. The normalized spacial score (nSPS) is 15.2. The van der Waals surface area contributed by atoms with Crippen LogP contribution in [0.1, 0.15) is 34.3 Å². The van der Waals surface area contributed by atoms with Gasteiger partial charge in [0.05, 0.1) is 10.5 Å². The van der Waals surface area contributed by atoms with Crippen LogP contribution in [0, 0.1) is 13.8 Å². The molecule has 0 aromatic heterocycles. The molecule has 0 saturated carbocycles. The minimum atomic E-state index is -3.63. The van der Waals surface area contributed by atoms with Gasteiger partial charge in [0.2, 0.25) is 10.0 Å². The van der Waals surface area contributed by atoms with E-state index in [1.807, 2.05) is 19.9 Å². The molecule has 26 heavy (non-hydrogen) atoms. The smallest absolute Gasteiger partial charge is 0.343 e. The predicted octanol–water partition coefficient (Wildman–Crippen LogP) is 4.07. The molecule has 0 amide bonds. The topological polar surface area (TPSA) is 63.7 Å². The van der Waals surface area contributed by atoms with Crippen molar-refractivity contribution in [2.24, 2.45) is 0 Å². The van der Waals surface area contributed by atoms with E-state index in [1.165, 1.54) is 10.4 Å². The number of rotatable bonds is 4. The second-order valence-electron chi connectivity index (χ2n) is 6.39. The van der Waals surface area contributed by atoms with Gasteiger partial charge in [-0.3, -0.25) is 0 Å². The fourth-order valence-corrected chi connectivity index (χ4v) is 5.31. The molecular formula is C19H20BrNO4S. The van der Waals surface area contributed by atoms with E-state index in [0.29, 0.717) is 23.3 Å². The second kappa shape index (κ2) is 7.50. The summed E-state index contributed by atoms with van der Waals surface area (Å²) >= 11 is 3.29. The zero-order valence-electron chi connectivity index (χ0n) is 14.7. The Balaban J connectivity index is 1.89. The number of benzene rings is 2. The molecule has 0 aliphatic carbocycles. The summed E-state index contributed by atoms with van der Waals surface area (Å²) in [6, 6.07) is 9.88. The summed E-state index contributed by atoms with van der Waals surface area (Å²) in [7, 11) is -3.63. The van der Waals surface area contributed by atoms with E-state index in [0.717, 1.165) is 24.0 Å². The summed E-state index contributed by atoms with van der Waals surface area (Å²) in [6.07, 6.45) is 1.71. The SMILES string of the molecule is Cc1ccc(OC(=O)c2ccc(Br)c(S(=O)(=O)N3CCCC3)c2)cc1C. The number of esters is 1. The molecule has 1 saturated heterocycles. The maximum Gasteiger partial charge on any atom is 0.343 e. The molecule has 5 nitrogen and oxygen atoms in total. The third-order valence-electron chi connectivity index (χ3n) is 4.54. The summed E-state index contributed by atoms with van der Waals surface area (Å²) in [6.45, 7) is 4.93. The fourth-order valence-electron chi connectivity index (χ4n) is 2.84. The van der Waals surface area contributed by atoms with Gasteiger partial charge < -0.3 is 4.74 Å². The van der Waals surface area contributed by atoms with E-state index >= 15 is 0 Å². The maximum atomic E-state index is 12.8. The summed E-state index contributed by atoms with van der Waals surface area (Å²) in [5, 5.41) is 0. The van der Waals surface area contributed by atoms with E-state index in [1.54, 1.807) is 24.3 Å². The zero-order valence-corrected chi connectivity index (χ0v) is 17.1. The van der Waals surface area contributed by atoms with Crippen molar-refractivity contribution in [3.63, 3.8) is 0 Å². The number of hydrogen-bond donors (Lipinski definition) is 0. The molecular weight excluding hydrogens is 418 g/mol. The number of ether oxygens (including phenoxy) is 1. The van der Waals surface area contributed by atoms with Crippen molar-refractivity contribution in [3.05, 3.63) is 57.6 Å². The van der Waals surface area contributed by atoms with Gasteiger partial charge in [-0.2, -0.15) is 4.31 Å². The molecule has 1 heterocycles. The van der Waals surface area contributed by atoms with Crippen LogP contribution >= 0.6 is 15.9 Å². The van der Waals surface area contributed by atoms with Crippen LogP contribution in [0.25, 0.3) is 0 Å². The Morgan fingerprint density at radius 1 is 1.04 bits per heavy atom. The van der Waals surface area contributed by atoms with Crippen molar-refractivity contribution >= 4 is 31.9 Å². The molecule has 0 atom stereocenters. The summed E-state index contributed by atoms with van der Waals surface area (Å²) in [5.74, 6) is -0.149. The van der Waals surface area contributed by atoms with Crippen molar-refractivity contribution in [3.8, 4) is 5.75 Å². The van der Waals surface area contributed by atoms with Crippen LogP contribution in [0.5, 0.6) is 5.75 Å². The number of aryl methyl sites for hydroxylation is 2. The van der Waals surface area contributed by atoms with E-state index in [-0.39, 0.29) is 10.5 Å². The van der Waals surface area contributed by atoms with Crippen LogP contribution in [0.2, 0.25) is 0 Å². The van der Waals surface area contributed by atoms with Crippen molar-refractivity contribution in [1.29, 1.82) is 0 Å². The molecule has 0 bridgehead atoms. The van der Waals surface area contributed by atoms with Crippen molar-refractivity contribution in [2.45, 2.75) is 31.6 Å². The first-order chi connectivity index (χ1) is 12.3. The molecule has 3 rings (SSSR count). The third kappa shape index (κ3) is 3.84. The highest BCUT2D eigenvalue weighted by atomic mass is 79.9. The Morgan fingerprint density at radius 3 is 2.38 bits per heavy atom. The van der Waals surface area contributed by atoms with E-state index in [2.05, 4.69) is 15.9 Å². The van der Waals surface area contributed by atoms with Crippen LogP contribution in [0.3, 0.4) is 0 Å². The second-order valence-corrected chi connectivity index (χ2v) is 9.15. The largest absolute Gasteiger partial charge is 0.423 e. The molecule has 0 radical (unpaired) electrons. The lowest BCUT2D eigenvalue weighted by atomic mass is 10.1. The number of halogens is 1. The molecule has 1 fully saturated rings. The first kappa shape index (κ1) is 19.1. The molecule has 1 aliphatic rings. The Labute approximate surface area is 162 Å². The number of sulfonamides is 1. The average molecular weight is 438 g/mol. The van der Waals surface area contributed by atoms with Gasteiger partial charge in [0, 0.05) is 17.6 Å². The number of nitrogens with zero attached hydrogens (tertiary/aromatic N) is 1. The highest BCUT2D eigenvalue weighted by Gasteiger charge is 2.29. The van der Waals surface area contributed by atoms with Gasteiger partial charge in [0.25, 0.3) is 0 Å². The average Bonchev–Trinajstić information content (AvgIpc) is 3.14. The standard InChI is InChI=1S/C19H20BrNO4S/c1-13-5-7-16(11-14(13)2)25-19(22)15-6-8-17(20)18(12-15)26(23,24)21-9-3-4-10-21/h5-8,11-12H,3-4,9-10H2,1-2H3. The minimum Gasteiger partial charge on any atom is -0.423 e.